The summed E-state index contributed by atoms with van der Waals surface area (Å²) >= 11 is 0.183. The summed E-state index contributed by atoms with van der Waals surface area (Å²) in [6.07, 6.45) is 1.82. The van der Waals surface area contributed by atoms with Crippen molar-refractivity contribution < 1.29 is 14.8 Å². The first-order valence-electron chi connectivity index (χ1n) is 9.02. The quantitative estimate of drug-likeness (QED) is 0.440. The Bertz CT molecular complexity index is 989. The van der Waals surface area contributed by atoms with Crippen molar-refractivity contribution in [2.45, 2.75) is 49.6 Å². The zero-order valence-electron chi connectivity index (χ0n) is 15.8. The van der Waals surface area contributed by atoms with E-state index in [9.17, 15) is 14.8 Å². The number of nitrogens with one attached hydrogen (secondary N) is 1. The summed E-state index contributed by atoms with van der Waals surface area (Å²) in [5.41, 5.74) is 1.00. The van der Waals surface area contributed by atoms with Gasteiger partial charge >= 0.3 is 5.16 Å². The smallest absolute Gasteiger partial charge is 0.344 e. The molecule has 4 rings (SSSR count). The summed E-state index contributed by atoms with van der Waals surface area (Å²) in [6.45, 7) is 3.46. The molecule has 1 fully saturated rings. The fourth-order valence-corrected chi connectivity index (χ4v) is 5.09. The third-order valence-corrected chi connectivity index (χ3v) is 7.00. The fourth-order valence-electron chi connectivity index (χ4n) is 3.54. The first-order valence-corrected chi connectivity index (χ1v) is 11.4. The molecule has 9 heteroatoms. The molecule has 7 nitrogen and oxygen atoms in total. The summed E-state index contributed by atoms with van der Waals surface area (Å²) in [7, 11) is 0. The lowest BCUT2D eigenvalue weighted by molar-refractivity contribution is -0.0439. The molecule has 3 aromatic rings. The minimum atomic E-state index is -1.35. The number of hydrogen-bond acceptors (Lipinski definition) is 8. The van der Waals surface area contributed by atoms with Gasteiger partial charge < -0.3 is 20.1 Å². The third kappa shape index (κ3) is 3.37. The topological polar surface area (TPSA) is 114 Å². The number of aliphatic hydroxyl groups excluding tert-OH is 1. The zero-order valence-corrected chi connectivity index (χ0v) is 17.5. The highest BCUT2D eigenvalue weighted by Crippen LogP contribution is 2.38. The predicted octanol–water partition coefficient (Wildman–Crippen LogP) is 2.49. The van der Waals surface area contributed by atoms with E-state index in [4.69, 9.17) is 4.98 Å². The normalized spacial score (nSPS) is 25.9. The predicted molar refractivity (Wildman–Crippen MR) is 111 cm³/mol. The summed E-state index contributed by atoms with van der Waals surface area (Å²) < 4.78 is 13.1. The Morgan fingerprint density at radius 1 is 1.25 bits per heavy atom. The van der Waals surface area contributed by atoms with E-state index < -0.39 is 22.9 Å². The molecule has 0 amide bonds. The van der Waals surface area contributed by atoms with Crippen molar-refractivity contribution in [3.05, 3.63) is 30.0 Å². The lowest BCUT2D eigenvalue weighted by Gasteiger charge is -2.30. The number of aliphatic hydroxyl groups is 2. The largest absolute Gasteiger partial charge is 0.609 e. The molecule has 1 aromatic carbocycles. The van der Waals surface area contributed by atoms with Crippen LogP contribution in [0, 0.1) is 6.92 Å². The molecule has 1 unspecified atom stereocenters. The fraction of sp³-hybridized carbons (Fsp3) is 0.421. The molecule has 3 N–H and O–H groups in total. The van der Waals surface area contributed by atoms with Crippen LogP contribution in [0.25, 0.3) is 20.8 Å². The van der Waals surface area contributed by atoms with Gasteiger partial charge in [-0.15, -0.1) is 11.3 Å². The van der Waals surface area contributed by atoms with Crippen LogP contribution in [0.2, 0.25) is 0 Å². The van der Waals surface area contributed by atoms with Gasteiger partial charge in [0.1, 0.15) is 22.7 Å². The van der Waals surface area contributed by atoms with Gasteiger partial charge in [0.05, 0.1) is 33.6 Å². The maximum Gasteiger partial charge on any atom is 0.344 e. The second kappa shape index (κ2) is 7.23. The van der Waals surface area contributed by atoms with E-state index in [2.05, 4.69) is 15.3 Å². The van der Waals surface area contributed by atoms with Gasteiger partial charge in [0.2, 0.25) is 0 Å². The highest BCUT2D eigenvalue weighted by atomic mass is 32.2. The Hall–Kier alpha value is -1.78. The highest BCUT2D eigenvalue weighted by Gasteiger charge is 2.45. The SMILES string of the molecule is Cc1nc([S+](C)[O-])nc(N[C@@H]2CC[C@@H](O)[C@@]2(C)O)c1-c1nc2ccccc2s1. The summed E-state index contributed by atoms with van der Waals surface area (Å²) in [5.74, 6) is 0.483. The van der Waals surface area contributed by atoms with Gasteiger partial charge in [0.25, 0.3) is 0 Å². The average Bonchev–Trinajstić information content (AvgIpc) is 3.17. The zero-order chi connectivity index (χ0) is 20.1. The van der Waals surface area contributed by atoms with Crippen molar-refractivity contribution in [3.63, 3.8) is 0 Å². The van der Waals surface area contributed by atoms with Crippen LogP contribution in [0.4, 0.5) is 5.82 Å². The molecule has 1 aliphatic carbocycles. The standard InChI is InChI=1S/C19H22N4O3S2/c1-10-15(17-21-11-6-4-5-7-12(11)27-17)16(23-18(20-10)28(3)26)22-13-8-9-14(24)19(13,2)25/h4-7,13-14,24-25H,8-9H2,1-3H3,(H,20,22,23)/t13-,14-,19+,28?/m1/s1. The number of rotatable bonds is 4. The minimum absolute atomic E-state index is 0.225. The van der Waals surface area contributed by atoms with Gasteiger partial charge in [-0.05, 0) is 38.8 Å². The number of para-hydroxylation sites is 1. The number of thiazole rings is 1. The number of aromatic nitrogens is 3. The van der Waals surface area contributed by atoms with Crippen molar-refractivity contribution >= 4 is 38.5 Å². The molecule has 0 saturated heterocycles. The van der Waals surface area contributed by atoms with E-state index in [-0.39, 0.29) is 11.2 Å². The van der Waals surface area contributed by atoms with E-state index in [1.54, 1.807) is 6.92 Å². The van der Waals surface area contributed by atoms with Crippen molar-refractivity contribution in [2.75, 3.05) is 11.6 Å². The minimum Gasteiger partial charge on any atom is -0.609 e. The van der Waals surface area contributed by atoms with E-state index in [1.165, 1.54) is 17.6 Å². The van der Waals surface area contributed by atoms with Gasteiger partial charge in [0, 0.05) is 11.2 Å². The van der Waals surface area contributed by atoms with E-state index in [0.29, 0.717) is 24.4 Å². The first kappa shape index (κ1) is 19.5. The molecule has 0 aliphatic heterocycles. The van der Waals surface area contributed by atoms with Gasteiger partial charge in [-0.2, -0.15) is 9.97 Å². The van der Waals surface area contributed by atoms with Crippen molar-refractivity contribution in [1.82, 2.24) is 15.0 Å². The molecule has 1 aliphatic rings. The molecule has 0 spiro atoms. The summed E-state index contributed by atoms with van der Waals surface area (Å²) in [5, 5.41) is 25.0. The Balaban J connectivity index is 1.83. The molecule has 0 bridgehead atoms. The number of anilines is 1. The third-order valence-electron chi connectivity index (χ3n) is 5.25. The van der Waals surface area contributed by atoms with Crippen molar-refractivity contribution in [1.29, 1.82) is 0 Å². The molecule has 1 saturated carbocycles. The Morgan fingerprint density at radius 2 is 2.00 bits per heavy atom. The van der Waals surface area contributed by atoms with Crippen LogP contribution in [0.3, 0.4) is 0 Å². The van der Waals surface area contributed by atoms with Crippen LogP contribution in [-0.4, -0.2) is 53.7 Å². The summed E-state index contributed by atoms with van der Waals surface area (Å²) in [4.78, 5) is 13.6. The van der Waals surface area contributed by atoms with E-state index >= 15 is 0 Å². The van der Waals surface area contributed by atoms with Crippen LogP contribution < -0.4 is 5.32 Å². The second-order valence-corrected chi connectivity index (χ2v) is 9.58. The molecule has 2 aromatic heterocycles. The Morgan fingerprint density at radius 3 is 2.64 bits per heavy atom. The monoisotopic (exact) mass is 418 g/mol. The number of fused-ring (bicyclic) bond motifs is 1. The average molecular weight is 419 g/mol. The maximum atomic E-state index is 12.0. The second-order valence-electron chi connectivity index (χ2n) is 7.27. The van der Waals surface area contributed by atoms with Crippen LogP contribution in [0.1, 0.15) is 25.5 Å². The Labute approximate surface area is 170 Å². The number of aryl methyl sites for hydroxylation is 1. The number of hydrogen-bond donors (Lipinski definition) is 3. The summed E-state index contributed by atoms with van der Waals surface area (Å²) in [6, 6.07) is 7.48. The first-order chi connectivity index (χ1) is 13.3. The molecule has 4 atom stereocenters. The molecule has 28 heavy (non-hydrogen) atoms. The van der Waals surface area contributed by atoms with Crippen LogP contribution in [0.15, 0.2) is 29.4 Å². The van der Waals surface area contributed by atoms with E-state index in [1.807, 2.05) is 31.2 Å². The van der Waals surface area contributed by atoms with Gasteiger partial charge in [-0.3, -0.25) is 0 Å². The van der Waals surface area contributed by atoms with Gasteiger partial charge in [0.15, 0.2) is 0 Å². The lowest BCUT2D eigenvalue weighted by atomic mass is 9.98. The van der Waals surface area contributed by atoms with E-state index in [0.717, 1.165) is 20.8 Å². The number of benzene rings is 1. The van der Waals surface area contributed by atoms with Crippen molar-refractivity contribution in [2.24, 2.45) is 0 Å². The molecule has 0 radical (unpaired) electrons. The number of nitrogens with zero attached hydrogens (tertiary/aromatic N) is 3. The molecular weight excluding hydrogens is 396 g/mol. The van der Waals surface area contributed by atoms with Crippen molar-refractivity contribution in [3.8, 4) is 10.6 Å². The van der Waals surface area contributed by atoms with Gasteiger partial charge in [-0.25, -0.2) is 4.98 Å². The molecular formula is C19H22N4O3S2. The molecule has 2 heterocycles. The van der Waals surface area contributed by atoms with Crippen LogP contribution >= 0.6 is 11.3 Å². The molecule has 148 valence electrons. The highest BCUT2D eigenvalue weighted by molar-refractivity contribution is 7.90. The lowest BCUT2D eigenvalue weighted by Crippen LogP contribution is -2.47. The van der Waals surface area contributed by atoms with Crippen LogP contribution in [0.5, 0.6) is 0 Å². The Kier molecular flexibility index (Phi) is 5.05. The maximum absolute atomic E-state index is 12.0. The van der Waals surface area contributed by atoms with Gasteiger partial charge in [-0.1, -0.05) is 12.1 Å². The van der Waals surface area contributed by atoms with Crippen LogP contribution in [-0.2, 0) is 11.2 Å².